The third kappa shape index (κ3) is 4.00. The van der Waals surface area contributed by atoms with E-state index in [4.69, 9.17) is 0 Å². The van der Waals surface area contributed by atoms with Crippen LogP contribution in [-0.4, -0.2) is 36.3 Å². The minimum absolute atomic E-state index is 0.128. The molecule has 0 aromatic heterocycles. The van der Waals surface area contributed by atoms with Crippen molar-refractivity contribution in [3.63, 3.8) is 0 Å². The van der Waals surface area contributed by atoms with Crippen molar-refractivity contribution >= 4 is 27.7 Å². The van der Waals surface area contributed by atoms with Gasteiger partial charge >= 0.3 is 0 Å². The molecule has 1 aromatic rings. The van der Waals surface area contributed by atoms with Crippen molar-refractivity contribution in [3.8, 4) is 0 Å². The zero-order chi connectivity index (χ0) is 17.0. The third-order valence-electron chi connectivity index (χ3n) is 5.12. The molecule has 130 valence electrons. The Bertz CT molecular complexity index is 613. The molecule has 24 heavy (non-hydrogen) atoms. The molecule has 0 bridgehead atoms. The summed E-state index contributed by atoms with van der Waals surface area (Å²) in [6.45, 7) is 2.26. The van der Waals surface area contributed by atoms with E-state index in [1.807, 2.05) is 29.2 Å². The number of halogens is 1. The zero-order valence-corrected chi connectivity index (χ0v) is 15.6. The first-order valence-electron chi connectivity index (χ1n) is 8.94. The van der Waals surface area contributed by atoms with Gasteiger partial charge in [0.25, 0.3) is 0 Å². The molecule has 0 unspecified atom stereocenters. The van der Waals surface area contributed by atoms with Crippen LogP contribution in [0, 0.1) is 0 Å². The summed E-state index contributed by atoms with van der Waals surface area (Å²) in [5, 5.41) is 3.08. The smallest absolute Gasteiger partial charge is 0.230 e. The molecule has 2 amide bonds. The molecule has 2 fully saturated rings. The molecule has 0 radical (unpaired) electrons. The number of amides is 2. The van der Waals surface area contributed by atoms with Crippen LogP contribution in [0.3, 0.4) is 0 Å². The molecule has 0 atom stereocenters. The van der Waals surface area contributed by atoms with Gasteiger partial charge in [-0.15, -0.1) is 0 Å². The first kappa shape index (κ1) is 17.5. The summed E-state index contributed by atoms with van der Waals surface area (Å²) < 4.78 is 1.01. The van der Waals surface area contributed by atoms with Crippen molar-refractivity contribution in [3.05, 3.63) is 34.3 Å². The van der Waals surface area contributed by atoms with Crippen molar-refractivity contribution < 1.29 is 9.59 Å². The maximum absolute atomic E-state index is 12.6. The van der Waals surface area contributed by atoms with E-state index in [1.54, 1.807) is 0 Å². The van der Waals surface area contributed by atoms with E-state index >= 15 is 0 Å². The fraction of sp³-hybridized carbons (Fsp3) is 0.579. The first-order chi connectivity index (χ1) is 11.6. The fourth-order valence-corrected chi connectivity index (χ4v) is 3.87. The topological polar surface area (TPSA) is 49.4 Å². The Morgan fingerprint density at radius 1 is 1.25 bits per heavy atom. The maximum atomic E-state index is 12.6. The molecule has 1 aromatic carbocycles. The number of carbonyl (C=O) groups excluding carboxylic acids is 2. The van der Waals surface area contributed by atoms with Crippen LogP contribution in [0.2, 0.25) is 0 Å². The van der Waals surface area contributed by atoms with Crippen LogP contribution in [0.25, 0.3) is 0 Å². The molecule has 1 aliphatic carbocycles. The number of nitrogens with zero attached hydrogens (tertiary/aromatic N) is 1. The fourth-order valence-electron chi connectivity index (χ4n) is 3.47. The summed E-state index contributed by atoms with van der Waals surface area (Å²) in [5.74, 6) is 0.398. The molecule has 1 saturated heterocycles. The standard InChI is InChI=1S/C19H25BrN2O2/c20-16-7-4-6-15(14-16)19(9-10-19)18(24)21-11-5-13-22-12-3-1-2-8-17(22)23/h4,6-7,14H,1-3,5,8-13H2,(H,21,24). The third-order valence-corrected chi connectivity index (χ3v) is 5.62. The monoisotopic (exact) mass is 392 g/mol. The highest BCUT2D eigenvalue weighted by Gasteiger charge is 2.51. The van der Waals surface area contributed by atoms with Gasteiger partial charge in [-0.2, -0.15) is 0 Å². The number of carbonyl (C=O) groups is 2. The summed E-state index contributed by atoms with van der Waals surface area (Å²) in [6, 6.07) is 8.04. The van der Waals surface area contributed by atoms with E-state index in [0.29, 0.717) is 13.0 Å². The lowest BCUT2D eigenvalue weighted by Gasteiger charge is -2.21. The molecule has 0 spiro atoms. The van der Waals surface area contributed by atoms with E-state index in [2.05, 4.69) is 21.2 Å². The van der Waals surface area contributed by atoms with Gasteiger partial charge in [-0.1, -0.05) is 34.5 Å². The summed E-state index contributed by atoms with van der Waals surface area (Å²) in [7, 11) is 0. The first-order valence-corrected chi connectivity index (χ1v) is 9.73. The van der Waals surface area contributed by atoms with Gasteiger partial charge in [0.05, 0.1) is 5.41 Å². The van der Waals surface area contributed by atoms with Gasteiger partial charge in [0.2, 0.25) is 11.8 Å². The van der Waals surface area contributed by atoms with Crippen LogP contribution >= 0.6 is 15.9 Å². The second kappa shape index (κ2) is 7.68. The number of likely N-dealkylation sites (tertiary alicyclic amines) is 1. The average Bonchev–Trinajstić information content (AvgIpc) is 3.38. The molecule has 5 heteroatoms. The molecule has 1 heterocycles. The highest BCUT2D eigenvalue weighted by Crippen LogP contribution is 2.48. The van der Waals surface area contributed by atoms with Crippen LogP contribution in [0.4, 0.5) is 0 Å². The lowest BCUT2D eigenvalue weighted by Crippen LogP contribution is -2.37. The highest BCUT2D eigenvalue weighted by molar-refractivity contribution is 9.10. The summed E-state index contributed by atoms with van der Waals surface area (Å²) in [5.41, 5.74) is 0.763. The van der Waals surface area contributed by atoms with Crippen LogP contribution in [0.15, 0.2) is 28.7 Å². The Morgan fingerprint density at radius 3 is 2.83 bits per heavy atom. The van der Waals surface area contributed by atoms with Crippen molar-refractivity contribution in [2.45, 2.75) is 50.4 Å². The van der Waals surface area contributed by atoms with Gasteiger partial charge in [0, 0.05) is 30.5 Å². The molecule has 1 saturated carbocycles. The lowest BCUT2D eigenvalue weighted by atomic mass is 9.95. The predicted octanol–water partition coefficient (Wildman–Crippen LogP) is 3.39. The van der Waals surface area contributed by atoms with Gasteiger partial charge in [-0.3, -0.25) is 9.59 Å². The molecule has 1 aliphatic heterocycles. The molecule has 2 aliphatic rings. The van der Waals surface area contributed by atoms with Gasteiger partial charge < -0.3 is 10.2 Å². The summed E-state index contributed by atoms with van der Waals surface area (Å²) in [6.07, 6.45) is 6.60. The van der Waals surface area contributed by atoms with Gasteiger partial charge in [-0.25, -0.2) is 0 Å². The zero-order valence-electron chi connectivity index (χ0n) is 14.0. The number of hydrogen-bond donors (Lipinski definition) is 1. The molecular formula is C19H25BrN2O2. The van der Waals surface area contributed by atoms with E-state index in [9.17, 15) is 9.59 Å². The number of rotatable bonds is 6. The van der Waals surface area contributed by atoms with Gasteiger partial charge in [-0.05, 0) is 49.8 Å². The van der Waals surface area contributed by atoms with Crippen LogP contribution in [-0.2, 0) is 15.0 Å². The Kier molecular flexibility index (Phi) is 5.59. The van der Waals surface area contributed by atoms with Crippen molar-refractivity contribution in [1.82, 2.24) is 10.2 Å². The molecule has 3 rings (SSSR count). The highest BCUT2D eigenvalue weighted by atomic mass is 79.9. The minimum Gasteiger partial charge on any atom is -0.355 e. The van der Waals surface area contributed by atoms with Crippen molar-refractivity contribution in [2.75, 3.05) is 19.6 Å². The van der Waals surface area contributed by atoms with Crippen LogP contribution in [0.5, 0.6) is 0 Å². The quantitative estimate of drug-likeness (QED) is 0.754. The van der Waals surface area contributed by atoms with E-state index in [0.717, 1.165) is 61.7 Å². The van der Waals surface area contributed by atoms with Gasteiger partial charge in [0.1, 0.15) is 0 Å². The summed E-state index contributed by atoms with van der Waals surface area (Å²) in [4.78, 5) is 26.5. The Balaban J connectivity index is 1.47. The largest absolute Gasteiger partial charge is 0.355 e. The SMILES string of the molecule is O=C1CCCCCN1CCCNC(=O)C1(c2cccc(Br)c2)CC1. The second-order valence-corrected chi connectivity index (χ2v) is 7.81. The Labute approximate surface area is 152 Å². The Hall–Kier alpha value is -1.36. The summed E-state index contributed by atoms with van der Waals surface area (Å²) >= 11 is 3.48. The normalized spacial score (nSPS) is 19.7. The maximum Gasteiger partial charge on any atom is 0.230 e. The molecule has 1 N–H and O–H groups in total. The van der Waals surface area contributed by atoms with Crippen LogP contribution < -0.4 is 5.32 Å². The van der Waals surface area contributed by atoms with Gasteiger partial charge in [0.15, 0.2) is 0 Å². The van der Waals surface area contributed by atoms with Crippen molar-refractivity contribution in [2.24, 2.45) is 0 Å². The average molecular weight is 393 g/mol. The number of hydrogen-bond acceptors (Lipinski definition) is 2. The molecular weight excluding hydrogens is 368 g/mol. The van der Waals surface area contributed by atoms with Crippen LogP contribution in [0.1, 0.15) is 50.5 Å². The molecule has 4 nitrogen and oxygen atoms in total. The Morgan fingerprint density at radius 2 is 2.08 bits per heavy atom. The minimum atomic E-state index is -0.331. The van der Waals surface area contributed by atoms with E-state index in [-0.39, 0.29) is 17.2 Å². The predicted molar refractivity (Wildman–Crippen MR) is 97.7 cm³/mol. The van der Waals surface area contributed by atoms with Crippen molar-refractivity contribution in [1.29, 1.82) is 0 Å². The van der Waals surface area contributed by atoms with E-state index in [1.165, 1.54) is 0 Å². The van der Waals surface area contributed by atoms with E-state index < -0.39 is 0 Å². The lowest BCUT2D eigenvalue weighted by molar-refractivity contribution is -0.130. The number of benzene rings is 1. The second-order valence-electron chi connectivity index (χ2n) is 6.89. The number of nitrogens with one attached hydrogen (secondary N) is 1.